The zero-order chi connectivity index (χ0) is 52.4. The Kier molecular flexibility index (Phi) is 22.2. The van der Waals surface area contributed by atoms with Gasteiger partial charge in [0.2, 0.25) is 35.4 Å². The number of ether oxygens (including phenoxy) is 1. The minimum absolute atomic E-state index is 0.0977. The molecule has 3 rings (SSSR count). The number of carbonyl (C=O) groups is 9. The number of carbonyl (C=O) groups excluding carboxylic acids is 7. The normalized spacial score (nSPS) is 25.6. The Morgan fingerprint density at radius 1 is 0.757 bits per heavy atom. The van der Waals surface area contributed by atoms with Gasteiger partial charge in [-0.05, 0) is 43.7 Å². The Morgan fingerprint density at radius 2 is 1.34 bits per heavy atom. The molecule has 10 unspecified atom stereocenters. The molecule has 1 fully saturated rings. The van der Waals surface area contributed by atoms with Gasteiger partial charge in [0.25, 0.3) is 5.91 Å². The van der Waals surface area contributed by atoms with Gasteiger partial charge in [0.1, 0.15) is 35.9 Å². The van der Waals surface area contributed by atoms with Gasteiger partial charge < -0.3 is 51.8 Å². The minimum atomic E-state index is -1.87. The maximum atomic E-state index is 14.2. The van der Waals surface area contributed by atoms with E-state index in [4.69, 9.17) is 4.74 Å². The first kappa shape index (κ1) is 57.2. The molecule has 1 aliphatic rings. The van der Waals surface area contributed by atoms with E-state index < -0.39 is 126 Å². The second kappa shape index (κ2) is 27.1. The van der Waals surface area contributed by atoms with E-state index in [0.29, 0.717) is 12.0 Å². The number of nitrogens with one attached hydrogen (secondary N) is 6. The number of benzene rings is 2. The molecule has 0 aliphatic carbocycles. The predicted octanol–water partition coefficient (Wildman–Crippen LogP) is 2.42. The van der Waals surface area contributed by atoms with Crippen molar-refractivity contribution < 1.29 is 58.1 Å². The Balaban J connectivity index is 2.08. The lowest BCUT2D eigenvalue weighted by molar-refractivity contribution is -0.146. The number of allylic oxidation sites excluding steroid dienone is 2. The van der Waals surface area contributed by atoms with Crippen LogP contribution in [0.2, 0.25) is 0 Å². The van der Waals surface area contributed by atoms with Gasteiger partial charge in [0, 0.05) is 32.9 Å². The van der Waals surface area contributed by atoms with Crippen molar-refractivity contribution in [2.24, 2.45) is 23.7 Å². The number of likely N-dealkylation sites (N-methyl/N-ethyl adjacent to an activating group) is 1. The number of carboxylic acid groups (broad SMARTS) is 2. The summed E-state index contributed by atoms with van der Waals surface area (Å²) in [7, 11) is 2.84. The molecule has 1 aliphatic heterocycles. The highest BCUT2D eigenvalue weighted by molar-refractivity contribution is 6.00. The molecule has 2 aromatic rings. The topological polar surface area (TPSA) is 279 Å². The van der Waals surface area contributed by atoms with Gasteiger partial charge >= 0.3 is 11.9 Å². The number of hydrogen-bond acceptors (Lipinski definition) is 10. The number of methoxy groups -OCH3 is 1. The molecular formula is C51H69N7O12. The molecule has 70 heavy (non-hydrogen) atoms. The summed E-state index contributed by atoms with van der Waals surface area (Å²) in [5.41, 5.74) is 1.98. The quantitative estimate of drug-likeness (QED) is 0.113. The zero-order valence-electron chi connectivity index (χ0n) is 41.3. The number of amides is 7. The Bertz CT molecular complexity index is 2270. The van der Waals surface area contributed by atoms with Crippen molar-refractivity contribution in [2.75, 3.05) is 14.2 Å². The lowest BCUT2D eigenvalue weighted by atomic mass is 9.94. The van der Waals surface area contributed by atoms with E-state index in [9.17, 15) is 53.4 Å². The van der Waals surface area contributed by atoms with Gasteiger partial charge in [-0.3, -0.25) is 33.6 Å². The molecule has 0 spiro atoms. The van der Waals surface area contributed by atoms with Crippen molar-refractivity contribution in [3.8, 4) is 0 Å². The molecule has 19 nitrogen and oxygen atoms in total. The highest BCUT2D eigenvalue weighted by Crippen LogP contribution is 2.19. The van der Waals surface area contributed by atoms with Crippen LogP contribution in [0.5, 0.6) is 0 Å². The zero-order valence-corrected chi connectivity index (χ0v) is 41.3. The fraction of sp³-hybridized carbons (Fsp3) is 0.471. The number of nitrogens with zero attached hydrogens (tertiary/aromatic N) is 1. The van der Waals surface area contributed by atoms with E-state index in [1.165, 1.54) is 27.8 Å². The van der Waals surface area contributed by atoms with Crippen molar-refractivity contribution in [1.29, 1.82) is 0 Å². The first-order chi connectivity index (χ1) is 32.9. The monoisotopic (exact) mass is 972 g/mol. The molecule has 1 heterocycles. The second-order valence-corrected chi connectivity index (χ2v) is 18.0. The van der Waals surface area contributed by atoms with Crippen LogP contribution in [0.1, 0.15) is 72.4 Å². The van der Waals surface area contributed by atoms with E-state index in [0.717, 1.165) is 16.0 Å². The largest absolute Gasteiger partial charge is 0.480 e. The van der Waals surface area contributed by atoms with Crippen molar-refractivity contribution in [3.63, 3.8) is 0 Å². The van der Waals surface area contributed by atoms with E-state index in [-0.39, 0.29) is 18.4 Å². The highest BCUT2D eigenvalue weighted by atomic mass is 16.5. The third kappa shape index (κ3) is 17.1. The van der Waals surface area contributed by atoms with Gasteiger partial charge in [-0.25, -0.2) is 9.59 Å². The first-order valence-electron chi connectivity index (χ1n) is 23.2. The van der Waals surface area contributed by atoms with Crippen LogP contribution in [-0.2, 0) is 60.7 Å². The summed E-state index contributed by atoms with van der Waals surface area (Å²) in [6, 6.07) is 9.59. The van der Waals surface area contributed by atoms with Crippen molar-refractivity contribution >= 4 is 53.3 Å². The summed E-state index contributed by atoms with van der Waals surface area (Å²) in [4.78, 5) is 122. The van der Waals surface area contributed by atoms with Crippen LogP contribution < -0.4 is 31.9 Å². The lowest BCUT2D eigenvalue weighted by Crippen LogP contribution is -2.59. The van der Waals surface area contributed by atoms with E-state index in [1.807, 2.05) is 50.3 Å². The minimum Gasteiger partial charge on any atom is -0.480 e. The fourth-order valence-corrected chi connectivity index (χ4v) is 7.55. The fourth-order valence-electron chi connectivity index (χ4n) is 7.55. The molecule has 380 valence electrons. The smallest absolute Gasteiger partial charge is 0.327 e. The van der Waals surface area contributed by atoms with Crippen LogP contribution in [0.15, 0.2) is 96.7 Å². The summed E-state index contributed by atoms with van der Waals surface area (Å²) in [5, 5.41) is 35.6. The van der Waals surface area contributed by atoms with Gasteiger partial charge in [-0.2, -0.15) is 0 Å². The Hall–Kier alpha value is -7.15. The average molecular weight is 972 g/mol. The molecule has 19 heteroatoms. The van der Waals surface area contributed by atoms with Gasteiger partial charge in [0.15, 0.2) is 0 Å². The van der Waals surface area contributed by atoms with Crippen LogP contribution in [0.25, 0.3) is 0 Å². The molecule has 2 aromatic carbocycles. The molecular weight excluding hydrogens is 903 g/mol. The van der Waals surface area contributed by atoms with Crippen molar-refractivity contribution in [2.45, 2.75) is 117 Å². The van der Waals surface area contributed by atoms with Crippen LogP contribution in [-0.4, -0.2) is 125 Å². The lowest BCUT2D eigenvalue weighted by Gasteiger charge is -2.29. The Labute approximate surface area is 409 Å². The van der Waals surface area contributed by atoms with Crippen LogP contribution in [0.3, 0.4) is 0 Å². The summed E-state index contributed by atoms with van der Waals surface area (Å²) in [5.74, 6) is -12.5. The SMILES string of the molecule is C=C1C(=O)NC(C)C(=O)NC(Cc2ccccc2)C(=O)NC(C(=O)O)C(C)C(=O)NC(C(C)C)C(=O)NC(C=CC(C)=CC(C)C(Cc2ccccc2)OC)C(C)C(=O)NC(C(=O)O)CCC(=O)N1C. The average Bonchev–Trinajstić information content (AvgIpc) is 3.32. The summed E-state index contributed by atoms with van der Waals surface area (Å²) >= 11 is 0. The number of aliphatic carboxylic acids is 2. The molecule has 10 atom stereocenters. The van der Waals surface area contributed by atoms with E-state index >= 15 is 0 Å². The summed E-state index contributed by atoms with van der Waals surface area (Å²) < 4.78 is 5.81. The molecule has 8 N–H and O–H groups in total. The standard InChI is InChI=1S/C51H69N7O12/c1-28(2)42-49(65)53-37(22-21-29(3)25-30(4)40(70-10)27-36-19-15-12-16-20-36)31(5)44(60)54-38(50(66)67)23-24-41(59)58(9)34(8)47(63)52-33(7)46(62)55-39(26-35-17-13-11-14-18-35)48(64)57-43(51(68)69)32(6)45(61)56-42/h11-22,25,28,30-33,37-40,42-43H,8,23-24,26-27H2,1-7,9-10H3,(H,52,63)(H,53,65)(H,54,60)(H,55,62)(H,56,61)(H,57,64)(H,66,67)(H,68,69). The summed E-state index contributed by atoms with van der Waals surface area (Å²) in [6.07, 6.45) is 4.61. The molecule has 1 saturated heterocycles. The van der Waals surface area contributed by atoms with Crippen molar-refractivity contribution in [3.05, 3.63) is 108 Å². The third-order valence-electron chi connectivity index (χ3n) is 12.2. The summed E-state index contributed by atoms with van der Waals surface area (Å²) in [6.45, 7) is 14.7. The van der Waals surface area contributed by atoms with Crippen molar-refractivity contribution in [1.82, 2.24) is 36.8 Å². The van der Waals surface area contributed by atoms with Crippen LogP contribution in [0, 0.1) is 23.7 Å². The third-order valence-corrected chi connectivity index (χ3v) is 12.2. The number of rotatable bonds is 12. The predicted molar refractivity (Wildman–Crippen MR) is 260 cm³/mol. The molecule has 0 bridgehead atoms. The van der Waals surface area contributed by atoms with E-state index in [1.54, 1.807) is 63.4 Å². The second-order valence-electron chi connectivity index (χ2n) is 18.0. The molecule has 7 amide bonds. The van der Waals surface area contributed by atoms with Crippen LogP contribution >= 0.6 is 0 Å². The maximum Gasteiger partial charge on any atom is 0.327 e. The first-order valence-corrected chi connectivity index (χ1v) is 23.2. The van der Waals surface area contributed by atoms with Gasteiger partial charge in [-0.1, -0.05) is 126 Å². The van der Waals surface area contributed by atoms with E-state index in [2.05, 4.69) is 38.5 Å². The van der Waals surface area contributed by atoms with Crippen LogP contribution in [0.4, 0.5) is 0 Å². The van der Waals surface area contributed by atoms with Gasteiger partial charge in [0.05, 0.1) is 24.0 Å². The maximum absolute atomic E-state index is 14.2. The molecule has 0 aromatic heterocycles. The number of hydrogen-bond donors (Lipinski definition) is 8. The highest BCUT2D eigenvalue weighted by Gasteiger charge is 2.38. The van der Waals surface area contributed by atoms with Gasteiger partial charge in [-0.15, -0.1) is 0 Å². The Morgan fingerprint density at radius 3 is 1.90 bits per heavy atom. The number of carboxylic acids is 2. The molecule has 0 radical (unpaired) electrons. The molecule has 0 saturated carbocycles.